The molecular formula is C15H29N3S. The molecule has 19 heavy (non-hydrogen) atoms. The molecule has 1 aromatic rings. The molecule has 0 saturated carbocycles. The van der Waals surface area contributed by atoms with E-state index in [1.165, 1.54) is 4.88 Å². The van der Waals surface area contributed by atoms with Crippen LogP contribution < -0.4 is 10.2 Å². The first kappa shape index (κ1) is 16.4. The quantitative estimate of drug-likeness (QED) is 0.885. The molecule has 0 aliphatic rings. The van der Waals surface area contributed by atoms with Crippen molar-refractivity contribution in [2.45, 2.75) is 60.5 Å². The van der Waals surface area contributed by atoms with Crippen LogP contribution in [0.25, 0.3) is 0 Å². The summed E-state index contributed by atoms with van der Waals surface area (Å²) in [6, 6.07) is 0.843. The molecule has 0 bridgehead atoms. The monoisotopic (exact) mass is 283 g/mol. The Morgan fingerprint density at radius 3 is 2.37 bits per heavy atom. The number of aryl methyl sites for hydroxylation is 1. The highest BCUT2D eigenvalue weighted by atomic mass is 32.1. The van der Waals surface area contributed by atoms with Crippen LogP contribution >= 0.6 is 11.3 Å². The summed E-state index contributed by atoms with van der Waals surface area (Å²) in [6.45, 7) is 16.5. The molecule has 0 spiro atoms. The second-order valence-electron chi connectivity index (χ2n) is 6.38. The zero-order valence-electron chi connectivity index (χ0n) is 13.7. The van der Waals surface area contributed by atoms with Crippen molar-refractivity contribution in [2.24, 2.45) is 5.41 Å². The summed E-state index contributed by atoms with van der Waals surface area (Å²) in [5.74, 6) is 0. The van der Waals surface area contributed by atoms with E-state index in [-0.39, 0.29) is 5.41 Å². The van der Waals surface area contributed by atoms with E-state index in [1.807, 2.05) is 11.3 Å². The first-order valence-electron chi connectivity index (χ1n) is 7.12. The molecule has 2 unspecified atom stereocenters. The van der Waals surface area contributed by atoms with Gasteiger partial charge in [-0.25, -0.2) is 4.98 Å². The van der Waals surface area contributed by atoms with Crippen LogP contribution in [-0.4, -0.2) is 24.6 Å². The molecule has 3 nitrogen and oxygen atoms in total. The predicted molar refractivity (Wildman–Crippen MR) is 86.3 cm³/mol. The Morgan fingerprint density at radius 2 is 1.89 bits per heavy atom. The topological polar surface area (TPSA) is 28.2 Å². The molecule has 1 aromatic heterocycles. The lowest BCUT2D eigenvalue weighted by molar-refractivity contribution is 0.329. The van der Waals surface area contributed by atoms with Crippen LogP contribution in [-0.2, 0) is 0 Å². The smallest absolute Gasteiger partial charge is 0.185 e. The zero-order chi connectivity index (χ0) is 14.8. The lowest BCUT2D eigenvalue weighted by atomic mass is 9.87. The highest BCUT2D eigenvalue weighted by molar-refractivity contribution is 7.15. The fourth-order valence-electron chi connectivity index (χ4n) is 2.09. The van der Waals surface area contributed by atoms with Crippen molar-refractivity contribution in [3.8, 4) is 0 Å². The normalized spacial score (nSPS) is 15.4. The van der Waals surface area contributed by atoms with Crippen molar-refractivity contribution >= 4 is 16.5 Å². The van der Waals surface area contributed by atoms with Crippen LogP contribution in [0.5, 0.6) is 0 Å². The van der Waals surface area contributed by atoms with Gasteiger partial charge < -0.3 is 10.2 Å². The van der Waals surface area contributed by atoms with Crippen molar-refractivity contribution in [3.05, 3.63) is 10.6 Å². The van der Waals surface area contributed by atoms with Crippen LogP contribution in [0.3, 0.4) is 0 Å². The van der Waals surface area contributed by atoms with Gasteiger partial charge in [-0.1, -0.05) is 27.7 Å². The highest BCUT2D eigenvalue weighted by Gasteiger charge is 2.26. The molecule has 0 saturated heterocycles. The van der Waals surface area contributed by atoms with Gasteiger partial charge in [0.1, 0.15) is 0 Å². The average molecular weight is 283 g/mol. The minimum Gasteiger partial charge on any atom is -0.348 e. The molecule has 1 rings (SSSR count). The molecule has 110 valence electrons. The first-order valence-corrected chi connectivity index (χ1v) is 7.93. The number of aromatic nitrogens is 1. The second-order valence-corrected chi connectivity index (χ2v) is 7.39. The SMILES string of the molecule is CCNC(C)c1sc(N(C)C(C)C(C)(C)C)nc1C. The molecule has 0 aliphatic heterocycles. The van der Waals surface area contributed by atoms with Gasteiger partial charge in [0.15, 0.2) is 5.13 Å². The summed E-state index contributed by atoms with van der Waals surface area (Å²) in [7, 11) is 2.15. The Kier molecular flexibility index (Phi) is 5.39. The van der Waals surface area contributed by atoms with Gasteiger partial charge in [-0.05, 0) is 32.7 Å². The van der Waals surface area contributed by atoms with Crippen molar-refractivity contribution in [1.82, 2.24) is 10.3 Å². The molecule has 0 fully saturated rings. The fourth-order valence-corrected chi connectivity index (χ4v) is 3.23. The van der Waals surface area contributed by atoms with Crippen LogP contribution in [0, 0.1) is 12.3 Å². The molecule has 1 heterocycles. The second kappa shape index (κ2) is 6.23. The molecule has 4 heteroatoms. The number of rotatable bonds is 5. The van der Waals surface area contributed by atoms with Gasteiger partial charge in [0.25, 0.3) is 0 Å². The molecule has 2 atom stereocenters. The van der Waals surface area contributed by atoms with Crippen LogP contribution in [0.15, 0.2) is 0 Å². The Bertz CT molecular complexity index is 406. The van der Waals surface area contributed by atoms with E-state index in [0.717, 1.165) is 17.4 Å². The summed E-state index contributed by atoms with van der Waals surface area (Å²) < 4.78 is 0. The van der Waals surface area contributed by atoms with E-state index in [0.29, 0.717) is 12.1 Å². The summed E-state index contributed by atoms with van der Waals surface area (Å²) in [5, 5.41) is 4.59. The predicted octanol–water partition coefficient (Wildman–Crippen LogP) is 3.99. The van der Waals surface area contributed by atoms with Crippen molar-refractivity contribution in [1.29, 1.82) is 0 Å². The Labute approximate surface area is 122 Å². The van der Waals surface area contributed by atoms with E-state index < -0.39 is 0 Å². The minimum absolute atomic E-state index is 0.252. The standard InChI is InChI=1S/C15H29N3S/c1-9-16-10(2)13-11(3)17-14(19-13)18(8)12(4)15(5,6)7/h10,12,16H,9H2,1-8H3. The van der Waals surface area contributed by atoms with Crippen LogP contribution in [0.1, 0.15) is 58.2 Å². The highest BCUT2D eigenvalue weighted by Crippen LogP contribution is 2.34. The van der Waals surface area contributed by atoms with E-state index in [9.17, 15) is 0 Å². The molecular weight excluding hydrogens is 254 g/mol. The molecule has 0 radical (unpaired) electrons. The van der Waals surface area contributed by atoms with Gasteiger partial charge in [0.2, 0.25) is 0 Å². The maximum Gasteiger partial charge on any atom is 0.185 e. The van der Waals surface area contributed by atoms with Crippen molar-refractivity contribution < 1.29 is 0 Å². The number of thiazole rings is 1. The third kappa shape index (κ3) is 3.93. The van der Waals surface area contributed by atoms with Crippen LogP contribution in [0.4, 0.5) is 5.13 Å². The molecule has 1 N–H and O–H groups in total. The van der Waals surface area contributed by atoms with Crippen molar-refractivity contribution in [3.63, 3.8) is 0 Å². The first-order chi connectivity index (χ1) is 8.68. The number of anilines is 1. The largest absolute Gasteiger partial charge is 0.348 e. The van der Waals surface area contributed by atoms with Gasteiger partial charge in [-0.3, -0.25) is 0 Å². The summed E-state index contributed by atoms with van der Waals surface area (Å²) in [5.41, 5.74) is 1.41. The number of nitrogens with zero attached hydrogens (tertiary/aromatic N) is 2. The van der Waals surface area contributed by atoms with Crippen molar-refractivity contribution in [2.75, 3.05) is 18.5 Å². The molecule has 0 aliphatic carbocycles. The van der Waals surface area contributed by atoms with Gasteiger partial charge >= 0.3 is 0 Å². The number of hydrogen-bond donors (Lipinski definition) is 1. The number of hydrogen-bond acceptors (Lipinski definition) is 4. The van der Waals surface area contributed by atoms with E-state index >= 15 is 0 Å². The Morgan fingerprint density at radius 1 is 1.32 bits per heavy atom. The van der Waals surface area contributed by atoms with Gasteiger partial charge in [-0.2, -0.15) is 0 Å². The Balaban J connectivity index is 2.94. The van der Waals surface area contributed by atoms with Gasteiger partial charge in [0.05, 0.1) is 5.69 Å². The third-order valence-electron chi connectivity index (χ3n) is 3.86. The summed E-state index contributed by atoms with van der Waals surface area (Å²) in [4.78, 5) is 8.41. The van der Waals surface area contributed by atoms with Gasteiger partial charge in [0, 0.05) is 24.0 Å². The van der Waals surface area contributed by atoms with E-state index in [4.69, 9.17) is 4.98 Å². The lowest BCUT2D eigenvalue weighted by Gasteiger charge is -2.35. The zero-order valence-corrected chi connectivity index (χ0v) is 14.5. The average Bonchev–Trinajstić information content (AvgIpc) is 2.68. The van der Waals surface area contributed by atoms with E-state index in [2.05, 4.69) is 65.7 Å². The van der Waals surface area contributed by atoms with Gasteiger partial charge in [-0.15, -0.1) is 11.3 Å². The molecule has 0 amide bonds. The minimum atomic E-state index is 0.252. The fraction of sp³-hybridized carbons (Fsp3) is 0.800. The Hall–Kier alpha value is -0.610. The third-order valence-corrected chi connectivity index (χ3v) is 5.29. The lowest BCUT2D eigenvalue weighted by Crippen LogP contribution is -2.39. The summed E-state index contributed by atoms with van der Waals surface area (Å²) in [6.07, 6.45) is 0. The van der Waals surface area contributed by atoms with Crippen LogP contribution in [0.2, 0.25) is 0 Å². The van der Waals surface area contributed by atoms with E-state index in [1.54, 1.807) is 0 Å². The maximum absolute atomic E-state index is 4.75. The summed E-state index contributed by atoms with van der Waals surface area (Å²) >= 11 is 1.81. The molecule has 0 aromatic carbocycles. The maximum atomic E-state index is 4.75. The number of nitrogens with one attached hydrogen (secondary N) is 1.